The van der Waals surface area contributed by atoms with Crippen LogP contribution in [0, 0.1) is 11.7 Å². The van der Waals surface area contributed by atoms with Crippen molar-refractivity contribution in [2.45, 2.75) is 50.7 Å². The lowest BCUT2D eigenvalue weighted by molar-refractivity contribution is -0.142. The predicted octanol–water partition coefficient (Wildman–Crippen LogP) is 4.59. The molecule has 1 aliphatic carbocycles. The van der Waals surface area contributed by atoms with E-state index in [9.17, 15) is 4.39 Å². The van der Waals surface area contributed by atoms with Gasteiger partial charge in [-0.05, 0) is 49.8 Å². The first-order valence-corrected chi connectivity index (χ1v) is 8.75. The summed E-state index contributed by atoms with van der Waals surface area (Å²) in [5, 5.41) is 3.47. The fraction of sp³-hybridized carbons (Fsp3) is 0.647. The van der Waals surface area contributed by atoms with Gasteiger partial charge in [0.1, 0.15) is 5.82 Å². The molecule has 1 aromatic rings. The second-order valence-corrected chi connectivity index (χ2v) is 7.35. The van der Waals surface area contributed by atoms with Gasteiger partial charge in [-0.15, -0.1) is 0 Å². The summed E-state index contributed by atoms with van der Waals surface area (Å²) in [7, 11) is 0. The molecule has 1 N–H and O–H groups in total. The molecule has 3 rings (SSSR count). The highest BCUT2D eigenvalue weighted by molar-refractivity contribution is 9.10. The van der Waals surface area contributed by atoms with Crippen LogP contribution in [0.25, 0.3) is 0 Å². The molecule has 21 heavy (non-hydrogen) atoms. The largest absolute Gasteiger partial charge is 0.364 e. The van der Waals surface area contributed by atoms with E-state index >= 15 is 0 Å². The lowest BCUT2D eigenvalue weighted by Crippen LogP contribution is -2.52. The average Bonchev–Trinajstić information content (AvgIpc) is 2.51. The van der Waals surface area contributed by atoms with Crippen molar-refractivity contribution in [3.63, 3.8) is 0 Å². The highest BCUT2D eigenvalue weighted by atomic mass is 79.9. The van der Waals surface area contributed by atoms with E-state index in [2.05, 4.69) is 28.2 Å². The van der Waals surface area contributed by atoms with Gasteiger partial charge >= 0.3 is 0 Å². The minimum Gasteiger partial charge on any atom is -0.364 e. The Labute approximate surface area is 134 Å². The highest BCUT2D eigenvalue weighted by Gasteiger charge is 2.41. The van der Waals surface area contributed by atoms with Gasteiger partial charge in [0, 0.05) is 23.1 Å². The highest BCUT2D eigenvalue weighted by Crippen LogP contribution is 2.41. The normalized spacial score (nSPS) is 33.3. The van der Waals surface area contributed by atoms with Crippen LogP contribution in [0.4, 0.5) is 4.39 Å². The number of benzene rings is 1. The summed E-state index contributed by atoms with van der Waals surface area (Å²) in [5.41, 5.74) is 0.567. The van der Waals surface area contributed by atoms with Crippen molar-refractivity contribution in [1.29, 1.82) is 0 Å². The molecule has 1 atom stereocenters. The summed E-state index contributed by atoms with van der Waals surface area (Å²) in [6.07, 6.45) is 5.70. The molecule has 4 heteroatoms. The minimum atomic E-state index is -0.186. The van der Waals surface area contributed by atoms with E-state index in [-0.39, 0.29) is 17.5 Å². The van der Waals surface area contributed by atoms with Gasteiger partial charge in [0.2, 0.25) is 0 Å². The Balaban J connectivity index is 1.75. The number of hydrogen-bond acceptors (Lipinski definition) is 2. The Morgan fingerprint density at radius 2 is 2.14 bits per heavy atom. The van der Waals surface area contributed by atoms with Crippen LogP contribution in [0.15, 0.2) is 22.7 Å². The Morgan fingerprint density at radius 1 is 1.38 bits per heavy atom. The number of ether oxygens (including phenoxy) is 1. The van der Waals surface area contributed by atoms with E-state index in [1.165, 1.54) is 25.3 Å². The number of morpholine rings is 1. The SMILES string of the molecule is CCC1CCC2(CC1)CNCC(c1cc(Br)ccc1F)O2. The van der Waals surface area contributed by atoms with Crippen molar-refractivity contribution in [3.8, 4) is 0 Å². The Kier molecular flexibility index (Phi) is 4.67. The Bertz CT molecular complexity index is 500. The molecule has 1 aliphatic heterocycles. The van der Waals surface area contributed by atoms with Crippen LogP contribution < -0.4 is 5.32 Å². The van der Waals surface area contributed by atoms with E-state index in [1.807, 2.05) is 6.07 Å². The smallest absolute Gasteiger partial charge is 0.129 e. The Morgan fingerprint density at radius 3 is 2.86 bits per heavy atom. The van der Waals surface area contributed by atoms with Crippen molar-refractivity contribution in [1.82, 2.24) is 5.32 Å². The van der Waals surface area contributed by atoms with Crippen LogP contribution in [-0.4, -0.2) is 18.7 Å². The van der Waals surface area contributed by atoms with E-state index in [1.54, 1.807) is 6.07 Å². The molecule has 1 heterocycles. The molecule has 0 radical (unpaired) electrons. The summed E-state index contributed by atoms with van der Waals surface area (Å²) < 4.78 is 21.4. The maximum absolute atomic E-state index is 14.1. The molecule has 1 aromatic carbocycles. The molecular weight excluding hydrogens is 333 g/mol. The fourth-order valence-electron chi connectivity index (χ4n) is 3.66. The standard InChI is InChI=1S/C17H23BrFNO/c1-2-12-5-7-17(8-6-12)11-20-10-16(21-17)14-9-13(18)3-4-15(14)19/h3-4,9,12,16,20H,2,5-8,10-11H2,1H3. The van der Waals surface area contributed by atoms with Gasteiger partial charge in [0.15, 0.2) is 0 Å². The number of hydrogen-bond donors (Lipinski definition) is 1. The number of nitrogens with one attached hydrogen (secondary N) is 1. The lowest BCUT2D eigenvalue weighted by atomic mass is 9.77. The second-order valence-electron chi connectivity index (χ2n) is 6.44. The minimum absolute atomic E-state index is 0.0939. The average molecular weight is 356 g/mol. The molecule has 2 nitrogen and oxygen atoms in total. The van der Waals surface area contributed by atoms with Crippen molar-refractivity contribution in [2.24, 2.45) is 5.92 Å². The molecule has 1 saturated carbocycles. The first kappa shape index (κ1) is 15.4. The van der Waals surface area contributed by atoms with Crippen molar-refractivity contribution < 1.29 is 9.13 Å². The summed E-state index contributed by atoms with van der Waals surface area (Å²) in [6, 6.07) is 5.09. The zero-order valence-corrected chi connectivity index (χ0v) is 14.1. The van der Waals surface area contributed by atoms with Gasteiger partial charge in [0.05, 0.1) is 11.7 Å². The topological polar surface area (TPSA) is 21.3 Å². The van der Waals surface area contributed by atoms with Gasteiger partial charge in [-0.2, -0.15) is 0 Å². The molecule has 116 valence electrons. The van der Waals surface area contributed by atoms with Crippen molar-refractivity contribution >= 4 is 15.9 Å². The van der Waals surface area contributed by atoms with Crippen LogP contribution in [0.5, 0.6) is 0 Å². The van der Waals surface area contributed by atoms with Gasteiger partial charge < -0.3 is 10.1 Å². The monoisotopic (exact) mass is 355 g/mol. The molecule has 0 aromatic heterocycles. The summed E-state index contributed by atoms with van der Waals surface area (Å²) in [5.74, 6) is 0.659. The van der Waals surface area contributed by atoms with Crippen LogP contribution in [-0.2, 0) is 4.74 Å². The van der Waals surface area contributed by atoms with E-state index in [0.717, 1.165) is 29.8 Å². The van der Waals surface area contributed by atoms with E-state index in [4.69, 9.17) is 4.74 Å². The third kappa shape index (κ3) is 3.33. The van der Waals surface area contributed by atoms with Crippen molar-refractivity contribution in [2.75, 3.05) is 13.1 Å². The summed E-state index contributed by atoms with van der Waals surface area (Å²) in [6.45, 7) is 3.85. The summed E-state index contributed by atoms with van der Waals surface area (Å²) in [4.78, 5) is 0. The molecule has 2 aliphatic rings. The van der Waals surface area contributed by atoms with Gasteiger partial charge in [0.25, 0.3) is 0 Å². The molecule has 2 fully saturated rings. The maximum Gasteiger partial charge on any atom is 0.129 e. The Hall–Kier alpha value is -0.450. The zero-order chi connectivity index (χ0) is 14.9. The molecular formula is C17H23BrFNO. The first-order chi connectivity index (χ1) is 10.1. The molecule has 0 amide bonds. The molecule has 1 saturated heterocycles. The fourth-order valence-corrected chi connectivity index (χ4v) is 4.04. The van der Waals surface area contributed by atoms with Crippen LogP contribution in [0.1, 0.15) is 50.7 Å². The van der Waals surface area contributed by atoms with Crippen molar-refractivity contribution in [3.05, 3.63) is 34.1 Å². The first-order valence-electron chi connectivity index (χ1n) is 7.95. The second kappa shape index (κ2) is 6.35. The van der Waals surface area contributed by atoms with Crippen LogP contribution in [0.2, 0.25) is 0 Å². The lowest BCUT2D eigenvalue weighted by Gasteiger charge is -2.46. The third-order valence-corrected chi connectivity index (χ3v) is 5.56. The summed E-state index contributed by atoms with van der Waals surface area (Å²) >= 11 is 3.43. The maximum atomic E-state index is 14.1. The molecule has 1 unspecified atom stereocenters. The molecule has 1 spiro atoms. The number of halogens is 2. The zero-order valence-electron chi connectivity index (χ0n) is 12.5. The number of rotatable bonds is 2. The van der Waals surface area contributed by atoms with E-state index < -0.39 is 0 Å². The quantitative estimate of drug-likeness (QED) is 0.837. The van der Waals surface area contributed by atoms with Crippen LogP contribution >= 0.6 is 15.9 Å². The van der Waals surface area contributed by atoms with Gasteiger partial charge in [-0.1, -0.05) is 29.3 Å². The van der Waals surface area contributed by atoms with Gasteiger partial charge in [-0.3, -0.25) is 0 Å². The van der Waals surface area contributed by atoms with Crippen LogP contribution in [0.3, 0.4) is 0 Å². The third-order valence-electron chi connectivity index (χ3n) is 5.07. The predicted molar refractivity (Wildman–Crippen MR) is 85.8 cm³/mol. The molecule has 0 bridgehead atoms. The van der Waals surface area contributed by atoms with Gasteiger partial charge in [-0.25, -0.2) is 4.39 Å². The van der Waals surface area contributed by atoms with E-state index in [0.29, 0.717) is 12.1 Å².